The van der Waals surface area contributed by atoms with Gasteiger partial charge in [-0.2, -0.15) is 0 Å². The maximum atomic E-state index is 11.7. The summed E-state index contributed by atoms with van der Waals surface area (Å²) in [5.41, 5.74) is 1.02. The minimum absolute atomic E-state index is 0.203. The van der Waals surface area contributed by atoms with Gasteiger partial charge in [-0.3, -0.25) is 0 Å². The normalized spacial score (nSPS) is 10.4. The van der Waals surface area contributed by atoms with Gasteiger partial charge in [-0.1, -0.05) is 29.3 Å². The Bertz CT molecular complexity index is 548. The molecule has 0 bridgehead atoms. The second kappa shape index (κ2) is 6.52. The van der Waals surface area contributed by atoms with Crippen LogP contribution in [0.2, 0.25) is 0 Å². The van der Waals surface area contributed by atoms with Gasteiger partial charge in [0, 0.05) is 10.0 Å². The molecule has 0 saturated carbocycles. The van der Waals surface area contributed by atoms with Gasteiger partial charge in [0.05, 0.1) is 6.61 Å². The van der Waals surface area contributed by atoms with E-state index in [1.807, 2.05) is 31.2 Å². The fourth-order valence-electron chi connectivity index (χ4n) is 1.48. The maximum absolute atomic E-state index is 11.7. The van der Waals surface area contributed by atoms with Crippen molar-refractivity contribution in [2.24, 2.45) is 0 Å². The zero-order valence-corrected chi connectivity index (χ0v) is 12.1. The van der Waals surface area contributed by atoms with E-state index >= 15 is 0 Å². The number of unbranched alkanes of at least 4 members (excludes halogenated alkanes) is 1. The monoisotopic (exact) mass is 323 g/mol. The number of nitrogens with zero attached hydrogens (tertiary/aromatic N) is 1. The number of aromatic nitrogens is 1. The van der Waals surface area contributed by atoms with Crippen LogP contribution >= 0.6 is 15.9 Å². The van der Waals surface area contributed by atoms with Crippen molar-refractivity contribution in [1.29, 1.82) is 0 Å². The van der Waals surface area contributed by atoms with Crippen LogP contribution in [0.15, 0.2) is 39.4 Å². The van der Waals surface area contributed by atoms with Gasteiger partial charge in [0.25, 0.3) is 0 Å². The molecule has 0 aliphatic carbocycles. The van der Waals surface area contributed by atoms with Gasteiger partial charge in [-0.25, -0.2) is 9.78 Å². The Morgan fingerprint density at radius 2 is 2.11 bits per heavy atom. The lowest BCUT2D eigenvalue weighted by Crippen LogP contribution is -2.06. The van der Waals surface area contributed by atoms with E-state index in [4.69, 9.17) is 9.15 Å². The van der Waals surface area contributed by atoms with Crippen LogP contribution in [0.3, 0.4) is 0 Å². The molecular weight excluding hydrogens is 310 g/mol. The van der Waals surface area contributed by atoms with Crippen molar-refractivity contribution >= 4 is 21.9 Å². The first-order chi connectivity index (χ1) is 9.20. The Balaban J connectivity index is 2.06. The molecule has 1 heterocycles. The van der Waals surface area contributed by atoms with E-state index in [-0.39, 0.29) is 5.69 Å². The van der Waals surface area contributed by atoms with Crippen molar-refractivity contribution in [3.05, 3.63) is 40.7 Å². The average Bonchev–Trinajstić information content (AvgIpc) is 2.89. The molecule has 2 aromatic rings. The first-order valence-electron chi connectivity index (χ1n) is 6.09. The number of benzene rings is 1. The molecule has 100 valence electrons. The quantitative estimate of drug-likeness (QED) is 0.615. The molecule has 1 aromatic heterocycles. The summed E-state index contributed by atoms with van der Waals surface area (Å²) in [6.45, 7) is 2.45. The number of halogens is 1. The highest BCUT2D eigenvalue weighted by atomic mass is 79.9. The Morgan fingerprint density at radius 1 is 1.37 bits per heavy atom. The van der Waals surface area contributed by atoms with Gasteiger partial charge >= 0.3 is 5.97 Å². The zero-order valence-electron chi connectivity index (χ0n) is 10.6. The lowest BCUT2D eigenvalue weighted by Gasteiger charge is -1.99. The largest absolute Gasteiger partial charge is 0.461 e. The van der Waals surface area contributed by atoms with Crippen LogP contribution in [0.1, 0.15) is 30.3 Å². The summed E-state index contributed by atoms with van der Waals surface area (Å²) in [4.78, 5) is 15.8. The van der Waals surface area contributed by atoms with Crippen LogP contribution in [-0.4, -0.2) is 17.6 Å². The van der Waals surface area contributed by atoms with Crippen LogP contribution in [0.25, 0.3) is 11.5 Å². The molecule has 0 radical (unpaired) electrons. The smallest absolute Gasteiger partial charge is 0.360 e. The minimum Gasteiger partial charge on any atom is -0.461 e. The second-order valence-electron chi connectivity index (χ2n) is 4.03. The van der Waals surface area contributed by atoms with Gasteiger partial charge in [-0.05, 0) is 30.7 Å². The summed E-state index contributed by atoms with van der Waals surface area (Å²) in [7, 11) is 0. The summed E-state index contributed by atoms with van der Waals surface area (Å²) in [5, 5.41) is 0. The maximum Gasteiger partial charge on any atom is 0.360 e. The fraction of sp³-hybridized carbons (Fsp3) is 0.286. The van der Waals surface area contributed by atoms with Gasteiger partial charge in [0.2, 0.25) is 5.89 Å². The predicted molar refractivity (Wildman–Crippen MR) is 74.8 cm³/mol. The minimum atomic E-state index is -0.444. The molecule has 5 heteroatoms. The number of esters is 1. The van der Waals surface area contributed by atoms with E-state index in [2.05, 4.69) is 20.9 Å². The molecule has 1 aromatic carbocycles. The summed E-state index contributed by atoms with van der Waals surface area (Å²) < 4.78 is 11.3. The first-order valence-corrected chi connectivity index (χ1v) is 6.88. The van der Waals surface area contributed by atoms with Crippen molar-refractivity contribution in [3.63, 3.8) is 0 Å². The lowest BCUT2D eigenvalue weighted by atomic mass is 10.2. The Kier molecular flexibility index (Phi) is 4.74. The average molecular weight is 324 g/mol. The number of oxazole rings is 1. The third-order valence-electron chi connectivity index (χ3n) is 2.54. The Morgan fingerprint density at radius 3 is 2.79 bits per heavy atom. The number of carbonyl (C=O) groups excluding carboxylic acids is 1. The second-order valence-corrected chi connectivity index (χ2v) is 4.95. The number of hydrogen-bond acceptors (Lipinski definition) is 4. The molecule has 0 unspecified atom stereocenters. The number of carbonyl (C=O) groups is 1. The highest BCUT2D eigenvalue weighted by Crippen LogP contribution is 2.21. The van der Waals surface area contributed by atoms with Crippen molar-refractivity contribution in [2.75, 3.05) is 6.61 Å². The highest BCUT2D eigenvalue weighted by Gasteiger charge is 2.14. The van der Waals surface area contributed by atoms with Gasteiger partial charge in [0.1, 0.15) is 6.26 Å². The van der Waals surface area contributed by atoms with Crippen molar-refractivity contribution < 1.29 is 13.9 Å². The van der Waals surface area contributed by atoms with Gasteiger partial charge in [0.15, 0.2) is 5.69 Å². The number of hydrogen-bond donors (Lipinski definition) is 0. The zero-order chi connectivity index (χ0) is 13.7. The molecule has 0 saturated heterocycles. The molecule has 0 aliphatic heterocycles. The fourth-order valence-corrected chi connectivity index (χ4v) is 1.74. The Labute approximate surface area is 119 Å². The van der Waals surface area contributed by atoms with E-state index in [9.17, 15) is 4.79 Å². The van der Waals surface area contributed by atoms with E-state index in [0.29, 0.717) is 12.5 Å². The van der Waals surface area contributed by atoms with Crippen molar-refractivity contribution in [1.82, 2.24) is 4.98 Å². The first kappa shape index (κ1) is 13.8. The van der Waals surface area contributed by atoms with Crippen molar-refractivity contribution in [3.8, 4) is 11.5 Å². The molecule has 4 nitrogen and oxygen atoms in total. The topological polar surface area (TPSA) is 52.3 Å². The van der Waals surface area contributed by atoms with Crippen LogP contribution in [0, 0.1) is 0 Å². The lowest BCUT2D eigenvalue weighted by molar-refractivity contribution is 0.0493. The van der Waals surface area contributed by atoms with Gasteiger partial charge < -0.3 is 9.15 Å². The van der Waals surface area contributed by atoms with Crippen LogP contribution in [0.5, 0.6) is 0 Å². The van der Waals surface area contributed by atoms with E-state index in [1.165, 1.54) is 6.26 Å². The molecule has 0 spiro atoms. The summed E-state index contributed by atoms with van der Waals surface area (Å²) in [6, 6.07) is 7.50. The predicted octanol–water partition coefficient (Wildman–Crippen LogP) is 4.06. The van der Waals surface area contributed by atoms with E-state index in [0.717, 1.165) is 22.9 Å². The third kappa shape index (κ3) is 3.67. The summed E-state index contributed by atoms with van der Waals surface area (Å²) in [6.07, 6.45) is 3.16. The van der Waals surface area contributed by atoms with E-state index < -0.39 is 5.97 Å². The standard InChI is InChI=1S/C14H14BrNO3/c1-2-3-8-18-14(17)12-9-19-13(16-12)10-4-6-11(15)7-5-10/h4-7,9H,2-3,8H2,1H3. The molecule has 0 aliphatic rings. The van der Waals surface area contributed by atoms with E-state index in [1.54, 1.807) is 0 Å². The molecule has 19 heavy (non-hydrogen) atoms. The Hall–Kier alpha value is -1.62. The molecule has 0 atom stereocenters. The van der Waals surface area contributed by atoms with Crippen LogP contribution in [-0.2, 0) is 4.74 Å². The highest BCUT2D eigenvalue weighted by molar-refractivity contribution is 9.10. The third-order valence-corrected chi connectivity index (χ3v) is 3.06. The van der Waals surface area contributed by atoms with Crippen LogP contribution < -0.4 is 0 Å². The van der Waals surface area contributed by atoms with Gasteiger partial charge in [-0.15, -0.1) is 0 Å². The number of ether oxygens (including phenoxy) is 1. The molecule has 0 amide bonds. The van der Waals surface area contributed by atoms with Crippen molar-refractivity contribution in [2.45, 2.75) is 19.8 Å². The number of rotatable bonds is 5. The molecule has 0 fully saturated rings. The molecule has 2 rings (SSSR count). The van der Waals surface area contributed by atoms with Crippen LogP contribution in [0.4, 0.5) is 0 Å². The summed E-state index contributed by atoms with van der Waals surface area (Å²) in [5.74, 6) is -0.0319. The SMILES string of the molecule is CCCCOC(=O)c1coc(-c2ccc(Br)cc2)n1. The molecule has 0 N–H and O–H groups in total. The summed E-state index contributed by atoms with van der Waals surface area (Å²) >= 11 is 3.36. The molecular formula is C14H14BrNO3.